The first kappa shape index (κ1) is 15.8. The minimum Gasteiger partial charge on any atom is -0.492 e. The Hall–Kier alpha value is -1.28. The number of rotatable bonds is 9. The summed E-state index contributed by atoms with van der Waals surface area (Å²) in [6.45, 7) is 6.55. The number of benzene rings is 1. The van der Waals surface area contributed by atoms with E-state index in [2.05, 4.69) is 13.5 Å². The zero-order valence-electron chi connectivity index (χ0n) is 11.5. The number of halogens is 1. The second-order valence-electron chi connectivity index (χ2n) is 4.51. The Labute approximate surface area is 120 Å². The Morgan fingerprint density at radius 1 is 1.32 bits per heavy atom. The lowest BCUT2D eigenvalue weighted by molar-refractivity contribution is 0.112. The zero-order chi connectivity index (χ0) is 14.1. The molecule has 19 heavy (non-hydrogen) atoms. The summed E-state index contributed by atoms with van der Waals surface area (Å²) in [5, 5.41) is 0.497. The lowest BCUT2D eigenvalue weighted by atomic mass is 10.1. The van der Waals surface area contributed by atoms with E-state index in [1.54, 1.807) is 12.1 Å². The molecule has 0 bridgehead atoms. The van der Waals surface area contributed by atoms with Gasteiger partial charge in [-0.3, -0.25) is 4.79 Å². The molecular weight excluding hydrogens is 260 g/mol. The molecule has 1 aromatic carbocycles. The molecule has 0 spiro atoms. The van der Waals surface area contributed by atoms with Gasteiger partial charge in [0.1, 0.15) is 12.0 Å². The van der Waals surface area contributed by atoms with Crippen molar-refractivity contribution in [2.75, 3.05) is 6.61 Å². The van der Waals surface area contributed by atoms with E-state index in [1.165, 1.54) is 12.8 Å². The predicted molar refractivity (Wildman–Crippen MR) is 80.4 cm³/mol. The van der Waals surface area contributed by atoms with Crippen molar-refractivity contribution in [1.29, 1.82) is 0 Å². The molecule has 0 amide bonds. The van der Waals surface area contributed by atoms with Crippen LogP contribution in [0.4, 0.5) is 0 Å². The molecule has 0 aromatic heterocycles. The maximum absolute atomic E-state index is 10.8. The monoisotopic (exact) mass is 280 g/mol. The van der Waals surface area contributed by atoms with Gasteiger partial charge in [-0.1, -0.05) is 43.9 Å². The number of carbonyl (C=O) groups is 1. The molecule has 0 atom stereocenters. The first-order valence-corrected chi connectivity index (χ1v) is 7.12. The summed E-state index contributed by atoms with van der Waals surface area (Å²) >= 11 is 6.17. The second-order valence-corrected chi connectivity index (χ2v) is 4.92. The van der Waals surface area contributed by atoms with E-state index in [0.29, 0.717) is 29.4 Å². The molecule has 0 aliphatic rings. The summed E-state index contributed by atoms with van der Waals surface area (Å²) in [6, 6.07) is 3.45. The van der Waals surface area contributed by atoms with Crippen molar-refractivity contribution in [3.05, 3.63) is 40.9 Å². The first-order chi connectivity index (χ1) is 9.22. The molecule has 0 fully saturated rings. The van der Waals surface area contributed by atoms with Crippen molar-refractivity contribution in [3.8, 4) is 5.75 Å². The van der Waals surface area contributed by atoms with Crippen molar-refractivity contribution in [2.45, 2.75) is 39.0 Å². The fraction of sp³-hybridized carbons (Fsp3) is 0.438. The van der Waals surface area contributed by atoms with Crippen molar-refractivity contribution in [3.63, 3.8) is 0 Å². The Morgan fingerprint density at radius 2 is 2.11 bits per heavy atom. The summed E-state index contributed by atoms with van der Waals surface area (Å²) in [6.07, 6.45) is 7.83. The molecule has 0 N–H and O–H groups in total. The second kappa shape index (κ2) is 8.76. The smallest absolute Gasteiger partial charge is 0.150 e. The lowest BCUT2D eigenvalue weighted by Crippen LogP contribution is -2.02. The third-order valence-electron chi connectivity index (χ3n) is 2.89. The number of hydrogen-bond acceptors (Lipinski definition) is 2. The van der Waals surface area contributed by atoms with Gasteiger partial charge in [-0.05, 0) is 25.0 Å². The molecule has 0 heterocycles. The largest absolute Gasteiger partial charge is 0.492 e. The van der Waals surface area contributed by atoms with Crippen molar-refractivity contribution < 1.29 is 9.53 Å². The molecular formula is C16H21ClO2. The molecule has 0 aliphatic carbocycles. The van der Waals surface area contributed by atoms with Crippen LogP contribution >= 0.6 is 11.6 Å². The maximum Gasteiger partial charge on any atom is 0.150 e. The molecule has 0 radical (unpaired) electrons. The minimum atomic E-state index is 0.497. The third kappa shape index (κ3) is 5.07. The molecule has 1 rings (SSSR count). The predicted octanol–water partition coefficient (Wildman–Crippen LogP) is 4.84. The van der Waals surface area contributed by atoms with Crippen LogP contribution in [-0.4, -0.2) is 12.9 Å². The highest BCUT2D eigenvalue weighted by Crippen LogP contribution is 2.31. The summed E-state index contributed by atoms with van der Waals surface area (Å²) in [7, 11) is 0. The van der Waals surface area contributed by atoms with E-state index in [9.17, 15) is 4.79 Å². The van der Waals surface area contributed by atoms with E-state index >= 15 is 0 Å². The van der Waals surface area contributed by atoms with Gasteiger partial charge in [0, 0.05) is 11.1 Å². The first-order valence-electron chi connectivity index (χ1n) is 6.74. The molecule has 0 unspecified atom stereocenters. The number of carbonyl (C=O) groups excluding carboxylic acids is 1. The molecule has 3 heteroatoms. The van der Waals surface area contributed by atoms with Gasteiger partial charge in [0.25, 0.3) is 0 Å². The van der Waals surface area contributed by atoms with Gasteiger partial charge in [0.05, 0.1) is 11.6 Å². The van der Waals surface area contributed by atoms with E-state index in [1.807, 2.05) is 6.07 Å². The maximum atomic E-state index is 10.8. The van der Waals surface area contributed by atoms with Crippen LogP contribution in [0.2, 0.25) is 5.02 Å². The van der Waals surface area contributed by atoms with Gasteiger partial charge < -0.3 is 4.74 Å². The highest BCUT2D eigenvalue weighted by molar-refractivity contribution is 6.32. The lowest BCUT2D eigenvalue weighted by Gasteiger charge is -2.13. The summed E-state index contributed by atoms with van der Waals surface area (Å²) in [4.78, 5) is 10.8. The van der Waals surface area contributed by atoms with Gasteiger partial charge in [0.15, 0.2) is 0 Å². The van der Waals surface area contributed by atoms with Crippen LogP contribution < -0.4 is 4.74 Å². The number of allylic oxidation sites excluding steroid dienone is 1. The van der Waals surface area contributed by atoms with Crippen LogP contribution in [0.5, 0.6) is 5.75 Å². The quantitative estimate of drug-likeness (QED) is 0.367. The Bertz CT molecular complexity index is 427. The standard InChI is InChI=1S/C16H21ClO2/c1-3-5-6-7-9-19-16-14(8-4-2)10-13(12-18)11-15(16)17/h4,10-12H,2-3,5-9H2,1H3. The SMILES string of the molecule is C=CCc1cc(C=O)cc(Cl)c1OCCCCCC. The number of aldehydes is 1. The highest BCUT2D eigenvalue weighted by Gasteiger charge is 2.10. The molecule has 104 valence electrons. The average Bonchev–Trinajstić information content (AvgIpc) is 2.41. The topological polar surface area (TPSA) is 26.3 Å². The van der Waals surface area contributed by atoms with Crippen LogP contribution in [0.3, 0.4) is 0 Å². The fourth-order valence-electron chi connectivity index (χ4n) is 1.91. The van der Waals surface area contributed by atoms with Crippen LogP contribution in [0.15, 0.2) is 24.8 Å². The highest BCUT2D eigenvalue weighted by atomic mass is 35.5. The molecule has 2 nitrogen and oxygen atoms in total. The normalized spacial score (nSPS) is 10.2. The number of ether oxygens (including phenoxy) is 1. The minimum absolute atomic E-state index is 0.497. The van der Waals surface area contributed by atoms with Crippen molar-refractivity contribution in [2.24, 2.45) is 0 Å². The summed E-state index contributed by atoms with van der Waals surface area (Å²) in [5.74, 6) is 0.684. The number of unbranched alkanes of at least 4 members (excludes halogenated alkanes) is 3. The van der Waals surface area contributed by atoms with Crippen LogP contribution in [0, 0.1) is 0 Å². The molecule has 0 aliphatic heterocycles. The van der Waals surface area contributed by atoms with Gasteiger partial charge in [0.2, 0.25) is 0 Å². The average molecular weight is 281 g/mol. The van der Waals surface area contributed by atoms with Crippen molar-refractivity contribution in [1.82, 2.24) is 0 Å². The molecule has 1 aromatic rings. The Morgan fingerprint density at radius 3 is 2.74 bits per heavy atom. The third-order valence-corrected chi connectivity index (χ3v) is 3.17. The molecule has 0 saturated carbocycles. The van der Waals surface area contributed by atoms with Crippen molar-refractivity contribution >= 4 is 17.9 Å². The van der Waals surface area contributed by atoms with E-state index in [4.69, 9.17) is 16.3 Å². The summed E-state index contributed by atoms with van der Waals surface area (Å²) < 4.78 is 5.77. The van der Waals surface area contributed by atoms with Gasteiger partial charge in [-0.25, -0.2) is 0 Å². The molecule has 0 saturated heterocycles. The van der Waals surface area contributed by atoms with Crippen LogP contribution in [0.1, 0.15) is 48.5 Å². The van der Waals surface area contributed by atoms with Crippen LogP contribution in [0.25, 0.3) is 0 Å². The van der Waals surface area contributed by atoms with E-state index in [-0.39, 0.29) is 0 Å². The number of hydrogen-bond donors (Lipinski definition) is 0. The zero-order valence-corrected chi connectivity index (χ0v) is 12.2. The van der Waals surface area contributed by atoms with Gasteiger partial charge in [-0.2, -0.15) is 0 Å². The van der Waals surface area contributed by atoms with Gasteiger partial charge in [-0.15, -0.1) is 6.58 Å². The van der Waals surface area contributed by atoms with Gasteiger partial charge >= 0.3 is 0 Å². The van der Waals surface area contributed by atoms with E-state index < -0.39 is 0 Å². The summed E-state index contributed by atoms with van der Waals surface area (Å²) in [5.41, 5.74) is 1.49. The van der Waals surface area contributed by atoms with E-state index in [0.717, 1.165) is 24.7 Å². The Kier molecular flexibility index (Phi) is 7.27. The van der Waals surface area contributed by atoms with Crippen LogP contribution in [-0.2, 0) is 6.42 Å². The Balaban J connectivity index is 2.74. The fourth-order valence-corrected chi connectivity index (χ4v) is 2.22.